The van der Waals surface area contributed by atoms with Gasteiger partial charge in [0.1, 0.15) is 5.82 Å². The zero-order valence-corrected chi connectivity index (χ0v) is 22.2. The highest BCUT2D eigenvalue weighted by atomic mass is 16.1. The maximum absolute atomic E-state index is 13.1. The van der Waals surface area contributed by atoms with Gasteiger partial charge in [-0.3, -0.25) is 9.48 Å². The summed E-state index contributed by atoms with van der Waals surface area (Å²) in [7, 11) is 5.98. The van der Waals surface area contributed by atoms with E-state index in [0.717, 1.165) is 65.9 Å². The minimum Gasteiger partial charge on any atom is -0.362 e. The molecular weight excluding hydrogens is 462 g/mol. The Bertz CT molecular complexity index is 1420. The Balaban J connectivity index is 1.16. The predicted octanol–water partition coefficient (Wildman–Crippen LogP) is 4.25. The molecule has 0 unspecified atom stereocenters. The third-order valence-electron chi connectivity index (χ3n) is 7.59. The summed E-state index contributed by atoms with van der Waals surface area (Å²) in [6.07, 6.45) is 4.46. The lowest BCUT2D eigenvalue weighted by Crippen LogP contribution is -2.32. The van der Waals surface area contributed by atoms with Crippen LogP contribution >= 0.6 is 0 Å². The molecule has 5 rings (SSSR count). The highest BCUT2D eigenvalue weighted by molar-refractivity contribution is 5.90. The van der Waals surface area contributed by atoms with Gasteiger partial charge in [-0.25, -0.2) is 9.67 Å². The molecule has 37 heavy (non-hydrogen) atoms. The fraction of sp³-hybridized carbons (Fsp3) is 0.414. The summed E-state index contributed by atoms with van der Waals surface area (Å²) in [4.78, 5) is 24.7. The fourth-order valence-electron chi connectivity index (χ4n) is 5.39. The zero-order chi connectivity index (χ0) is 25.9. The molecule has 1 aliphatic carbocycles. The summed E-state index contributed by atoms with van der Waals surface area (Å²) in [5, 5.41) is 8.23. The Morgan fingerprint density at radius 3 is 2.41 bits per heavy atom. The molecule has 2 heterocycles. The molecule has 194 valence electrons. The Hall–Kier alpha value is -3.65. The van der Waals surface area contributed by atoms with Gasteiger partial charge in [0.2, 0.25) is 5.95 Å². The Morgan fingerprint density at radius 1 is 0.973 bits per heavy atom. The first-order chi connectivity index (χ1) is 17.9. The first-order valence-electron chi connectivity index (χ1n) is 13.2. The van der Waals surface area contributed by atoms with E-state index in [1.54, 1.807) is 4.68 Å². The van der Waals surface area contributed by atoms with Crippen molar-refractivity contribution in [3.8, 4) is 5.69 Å². The standard InChI is InChI=1S/C29H37N7O/c1-20-25(28(37)36(35(20)4)23-10-6-5-7-11-23)19-30-18-21-14-16-22(17-15-21)31-29-32-26-13-9-8-12-24(26)27(33-29)34(2)3/h5-13,21-22,30H,14-19H2,1-4H3,(H,31,32,33). The number of fused-ring (bicyclic) bond motifs is 1. The number of hydrogen-bond donors (Lipinski definition) is 2. The molecule has 0 atom stereocenters. The van der Waals surface area contributed by atoms with Gasteiger partial charge in [0.15, 0.2) is 0 Å². The fourth-order valence-corrected chi connectivity index (χ4v) is 5.39. The maximum Gasteiger partial charge on any atom is 0.276 e. The number of para-hydroxylation sites is 2. The average molecular weight is 500 g/mol. The number of anilines is 2. The van der Waals surface area contributed by atoms with Gasteiger partial charge in [-0.2, -0.15) is 4.98 Å². The summed E-state index contributed by atoms with van der Waals surface area (Å²) in [6.45, 7) is 3.53. The van der Waals surface area contributed by atoms with Crippen molar-refractivity contribution in [3.05, 3.63) is 76.2 Å². The Morgan fingerprint density at radius 2 is 1.68 bits per heavy atom. The van der Waals surface area contributed by atoms with Crippen molar-refractivity contribution in [2.45, 2.75) is 45.2 Å². The number of nitrogens with one attached hydrogen (secondary N) is 2. The van der Waals surface area contributed by atoms with Crippen LogP contribution in [0.4, 0.5) is 11.8 Å². The Kier molecular flexibility index (Phi) is 7.28. The molecule has 2 aromatic carbocycles. The molecule has 1 aliphatic rings. The van der Waals surface area contributed by atoms with Gasteiger partial charge < -0.3 is 15.5 Å². The van der Waals surface area contributed by atoms with Crippen LogP contribution < -0.4 is 21.1 Å². The summed E-state index contributed by atoms with van der Waals surface area (Å²) < 4.78 is 3.70. The number of aromatic nitrogens is 4. The van der Waals surface area contributed by atoms with Gasteiger partial charge in [0, 0.05) is 44.8 Å². The van der Waals surface area contributed by atoms with Gasteiger partial charge >= 0.3 is 0 Å². The maximum atomic E-state index is 13.1. The van der Waals surface area contributed by atoms with Crippen LogP contribution in [0.25, 0.3) is 16.6 Å². The smallest absolute Gasteiger partial charge is 0.276 e. The van der Waals surface area contributed by atoms with Gasteiger partial charge in [-0.15, -0.1) is 0 Å². The summed E-state index contributed by atoms with van der Waals surface area (Å²) >= 11 is 0. The Labute approximate surface area is 218 Å². The molecule has 0 amide bonds. The van der Waals surface area contributed by atoms with E-state index in [9.17, 15) is 4.79 Å². The van der Waals surface area contributed by atoms with Crippen molar-refractivity contribution in [2.75, 3.05) is 30.9 Å². The van der Waals surface area contributed by atoms with Crippen LogP contribution in [0.1, 0.15) is 36.9 Å². The van der Waals surface area contributed by atoms with E-state index < -0.39 is 0 Å². The van der Waals surface area contributed by atoms with Crippen molar-refractivity contribution in [1.29, 1.82) is 0 Å². The summed E-state index contributed by atoms with van der Waals surface area (Å²) in [5.74, 6) is 2.25. The summed E-state index contributed by atoms with van der Waals surface area (Å²) in [6, 6.07) is 18.4. The lowest BCUT2D eigenvalue weighted by Gasteiger charge is -2.29. The first-order valence-corrected chi connectivity index (χ1v) is 13.2. The largest absolute Gasteiger partial charge is 0.362 e. The highest BCUT2D eigenvalue weighted by Gasteiger charge is 2.23. The molecule has 0 saturated heterocycles. The molecule has 1 saturated carbocycles. The molecule has 0 bridgehead atoms. The van der Waals surface area contributed by atoms with Crippen LogP contribution in [-0.4, -0.2) is 46.0 Å². The van der Waals surface area contributed by atoms with E-state index in [1.165, 1.54) is 0 Å². The van der Waals surface area contributed by atoms with Crippen molar-refractivity contribution in [3.63, 3.8) is 0 Å². The second-order valence-electron chi connectivity index (χ2n) is 10.3. The van der Waals surface area contributed by atoms with Crippen LogP contribution in [-0.2, 0) is 13.6 Å². The molecule has 0 spiro atoms. The van der Waals surface area contributed by atoms with Gasteiger partial charge in [0.25, 0.3) is 5.56 Å². The molecule has 2 N–H and O–H groups in total. The normalized spacial score (nSPS) is 17.7. The zero-order valence-electron chi connectivity index (χ0n) is 22.2. The van der Waals surface area contributed by atoms with E-state index in [4.69, 9.17) is 9.97 Å². The third kappa shape index (κ3) is 5.25. The molecule has 4 aromatic rings. The second kappa shape index (κ2) is 10.8. The van der Waals surface area contributed by atoms with E-state index in [0.29, 0.717) is 24.5 Å². The number of nitrogens with zero attached hydrogens (tertiary/aromatic N) is 5. The third-order valence-corrected chi connectivity index (χ3v) is 7.59. The summed E-state index contributed by atoms with van der Waals surface area (Å²) in [5.41, 5.74) is 3.75. The minimum absolute atomic E-state index is 0.0547. The number of hydrogen-bond acceptors (Lipinski definition) is 6. The number of rotatable bonds is 8. The van der Waals surface area contributed by atoms with E-state index in [1.807, 2.05) is 86.2 Å². The van der Waals surface area contributed by atoms with Crippen LogP contribution in [0.2, 0.25) is 0 Å². The molecule has 0 radical (unpaired) electrons. The van der Waals surface area contributed by atoms with E-state index >= 15 is 0 Å². The minimum atomic E-state index is 0.0547. The average Bonchev–Trinajstić information content (AvgIpc) is 3.12. The van der Waals surface area contributed by atoms with Crippen molar-refractivity contribution in [1.82, 2.24) is 24.6 Å². The van der Waals surface area contributed by atoms with Gasteiger partial charge in [0.05, 0.1) is 16.8 Å². The molecule has 0 aliphatic heterocycles. The lowest BCUT2D eigenvalue weighted by molar-refractivity contribution is 0.323. The quantitative estimate of drug-likeness (QED) is 0.377. The lowest BCUT2D eigenvalue weighted by atomic mass is 9.86. The highest BCUT2D eigenvalue weighted by Crippen LogP contribution is 2.28. The molecule has 8 heteroatoms. The monoisotopic (exact) mass is 499 g/mol. The van der Waals surface area contributed by atoms with Crippen LogP contribution in [0.5, 0.6) is 0 Å². The van der Waals surface area contributed by atoms with Crippen molar-refractivity contribution >= 4 is 22.7 Å². The topological polar surface area (TPSA) is 80.0 Å². The van der Waals surface area contributed by atoms with E-state index in [-0.39, 0.29) is 5.56 Å². The number of benzene rings is 2. The first kappa shape index (κ1) is 25.0. The van der Waals surface area contributed by atoms with Crippen LogP contribution in [0, 0.1) is 12.8 Å². The van der Waals surface area contributed by atoms with Crippen LogP contribution in [0.3, 0.4) is 0 Å². The van der Waals surface area contributed by atoms with E-state index in [2.05, 4.69) is 16.7 Å². The molecule has 2 aromatic heterocycles. The second-order valence-corrected chi connectivity index (χ2v) is 10.3. The van der Waals surface area contributed by atoms with Gasteiger partial charge in [-0.1, -0.05) is 30.3 Å². The van der Waals surface area contributed by atoms with Crippen molar-refractivity contribution in [2.24, 2.45) is 13.0 Å². The molecule has 1 fully saturated rings. The SMILES string of the molecule is Cc1c(CNCC2CCC(Nc3nc(N(C)C)c4ccccc4n3)CC2)c(=O)n(-c2ccccc2)n1C. The van der Waals surface area contributed by atoms with Crippen LogP contribution in [0.15, 0.2) is 59.4 Å². The van der Waals surface area contributed by atoms with Crippen molar-refractivity contribution < 1.29 is 0 Å². The molecular formula is C29H37N7O. The molecule has 8 nitrogen and oxygen atoms in total. The predicted molar refractivity (Wildman–Crippen MR) is 151 cm³/mol. The van der Waals surface area contributed by atoms with Gasteiger partial charge in [-0.05, 0) is 69.3 Å².